The second-order valence-corrected chi connectivity index (χ2v) is 9.37. The van der Waals surface area contributed by atoms with Gasteiger partial charge in [0, 0.05) is 75.7 Å². The molecule has 2 fully saturated rings. The van der Waals surface area contributed by atoms with Crippen molar-refractivity contribution in [2.45, 2.75) is 39.4 Å². The predicted molar refractivity (Wildman–Crippen MR) is 138 cm³/mol. The van der Waals surface area contributed by atoms with E-state index in [1.54, 1.807) is 4.90 Å². The summed E-state index contributed by atoms with van der Waals surface area (Å²) >= 11 is 0. The number of nitrogens with zero attached hydrogens (tertiary/aromatic N) is 4. The molecule has 2 aromatic rings. The highest BCUT2D eigenvalue weighted by atomic mass is 19.4. The zero-order valence-electron chi connectivity index (χ0n) is 20.1. The number of alkyl halides is 3. The average molecular weight is 522 g/mol. The number of likely N-dealkylation sites (tertiary alicyclic amines) is 1. The summed E-state index contributed by atoms with van der Waals surface area (Å²) in [5.41, 5.74) is 0.330. The predicted octanol–water partition coefficient (Wildman–Crippen LogP) is 4.78. The van der Waals surface area contributed by atoms with Gasteiger partial charge in [0.05, 0.1) is 4.92 Å². The number of anilines is 2. The molecule has 0 bridgehead atoms. The summed E-state index contributed by atoms with van der Waals surface area (Å²) in [6.07, 6.45) is -3.84. The third-order valence-corrected chi connectivity index (χ3v) is 6.82. The molecule has 1 amide bonds. The standard InChI is InChI=1S/C25H30F3N5O3.CH4/c1-18-2-5-21(6-3-18)31-14-12-30(13-15-31)10-9-24(34)32-11-8-20(17-32)29-19-4-7-23(33(35)36)22(16-19)25(26,27)28;/h2-7,16,20,29H,8-15,17H2,1H3;1H4/t20-;/m0./s1. The van der Waals surface area contributed by atoms with E-state index in [0.717, 1.165) is 38.3 Å². The highest BCUT2D eigenvalue weighted by Gasteiger charge is 2.38. The molecular weight excluding hydrogens is 487 g/mol. The summed E-state index contributed by atoms with van der Waals surface area (Å²) < 4.78 is 39.7. The second-order valence-electron chi connectivity index (χ2n) is 9.37. The maximum Gasteiger partial charge on any atom is 0.423 e. The van der Waals surface area contributed by atoms with Crippen LogP contribution in [0.15, 0.2) is 42.5 Å². The van der Waals surface area contributed by atoms with E-state index in [4.69, 9.17) is 0 Å². The van der Waals surface area contributed by atoms with Crippen molar-refractivity contribution in [2.75, 3.05) is 56.0 Å². The zero-order valence-corrected chi connectivity index (χ0v) is 20.1. The molecule has 1 atom stereocenters. The molecule has 0 aliphatic carbocycles. The molecule has 37 heavy (non-hydrogen) atoms. The summed E-state index contributed by atoms with van der Waals surface area (Å²) in [6, 6.07) is 11.2. The van der Waals surface area contributed by atoms with E-state index in [2.05, 4.69) is 46.3 Å². The summed E-state index contributed by atoms with van der Waals surface area (Å²) in [6.45, 7) is 7.22. The number of aryl methyl sites for hydroxylation is 1. The minimum absolute atomic E-state index is 0. The van der Waals surface area contributed by atoms with Crippen LogP contribution in [-0.4, -0.2) is 72.5 Å². The molecule has 2 heterocycles. The van der Waals surface area contributed by atoms with Crippen LogP contribution < -0.4 is 10.2 Å². The summed E-state index contributed by atoms with van der Waals surface area (Å²) in [5.74, 6) is 0.0277. The number of rotatable bonds is 7. The lowest BCUT2D eigenvalue weighted by Gasteiger charge is -2.36. The van der Waals surface area contributed by atoms with Crippen LogP contribution in [0.3, 0.4) is 0 Å². The van der Waals surface area contributed by atoms with E-state index in [1.165, 1.54) is 17.3 Å². The number of piperazine rings is 1. The van der Waals surface area contributed by atoms with Crippen molar-refractivity contribution in [3.05, 3.63) is 63.7 Å². The average Bonchev–Trinajstić information content (AvgIpc) is 3.31. The second kappa shape index (κ2) is 11.8. The number of nitro groups is 1. The first-order chi connectivity index (χ1) is 17.1. The van der Waals surface area contributed by atoms with Gasteiger partial charge in [0.15, 0.2) is 0 Å². The van der Waals surface area contributed by atoms with Gasteiger partial charge in [0.1, 0.15) is 5.56 Å². The number of carbonyl (C=O) groups is 1. The van der Waals surface area contributed by atoms with Crippen molar-refractivity contribution < 1.29 is 22.9 Å². The maximum atomic E-state index is 13.2. The Kier molecular flexibility index (Phi) is 9.01. The molecule has 2 aliphatic rings. The SMILES string of the molecule is C.Cc1ccc(N2CCN(CCC(=O)N3CC[C@H](Nc4ccc([N+](=O)[O-])c(C(F)(F)F)c4)C3)CC2)cc1. The van der Waals surface area contributed by atoms with Crippen molar-refractivity contribution in [1.82, 2.24) is 9.80 Å². The first kappa shape index (κ1) is 28.2. The normalized spacial score (nSPS) is 18.4. The third-order valence-electron chi connectivity index (χ3n) is 6.82. The maximum absolute atomic E-state index is 13.2. The highest BCUT2D eigenvalue weighted by molar-refractivity contribution is 5.77. The van der Waals surface area contributed by atoms with Gasteiger partial charge in [0.2, 0.25) is 5.91 Å². The molecule has 8 nitrogen and oxygen atoms in total. The molecular formula is C26H34F3N5O3. The van der Waals surface area contributed by atoms with E-state index in [9.17, 15) is 28.1 Å². The van der Waals surface area contributed by atoms with Crippen LogP contribution in [-0.2, 0) is 11.0 Å². The Balaban J connectivity index is 0.00000380. The van der Waals surface area contributed by atoms with E-state index in [-0.39, 0.29) is 25.1 Å². The smallest absolute Gasteiger partial charge is 0.380 e. The van der Waals surface area contributed by atoms with Crippen LogP contribution >= 0.6 is 0 Å². The van der Waals surface area contributed by atoms with Crippen molar-refractivity contribution in [3.63, 3.8) is 0 Å². The van der Waals surface area contributed by atoms with Crippen molar-refractivity contribution in [1.29, 1.82) is 0 Å². The number of hydrogen-bond donors (Lipinski definition) is 1. The van der Waals surface area contributed by atoms with Gasteiger partial charge in [-0.3, -0.25) is 19.8 Å². The van der Waals surface area contributed by atoms with Crippen molar-refractivity contribution in [2.24, 2.45) is 0 Å². The Morgan fingerprint density at radius 1 is 1.08 bits per heavy atom. The van der Waals surface area contributed by atoms with Crippen molar-refractivity contribution >= 4 is 23.0 Å². The van der Waals surface area contributed by atoms with Gasteiger partial charge in [-0.15, -0.1) is 0 Å². The van der Waals surface area contributed by atoms with E-state index in [1.807, 2.05) is 0 Å². The van der Waals surface area contributed by atoms with Gasteiger partial charge in [-0.25, -0.2) is 0 Å². The minimum Gasteiger partial charge on any atom is -0.380 e. The number of amides is 1. The van der Waals surface area contributed by atoms with E-state index in [0.29, 0.717) is 32.5 Å². The Labute approximate surface area is 215 Å². The Hall–Kier alpha value is -3.34. The molecule has 1 N–H and O–H groups in total. The van der Waals surface area contributed by atoms with Gasteiger partial charge in [0.25, 0.3) is 5.69 Å². The lowest BCUT2D eigenvalue weighted by molar-refractivity contribution is -0.388. The fraction of sp³-hybridized carbons (Fsp3) is 0.500. The highest BCUT2D eigenvalue weighted by Crippen LogP contribution is 2.37. The summed E-state index contributed by atoms with van der Waals surface area (Å²) in [5, 5.41) is 13.9. The van der Waals surface area contributed by atoms with Gasteiger partial charge < -0.3 is 15.1 Å². The van der Waals surface area contributed by atoms with Gasteiger partial charge in [-0.2, -0.15) is 13.2 Å². The van der Waals surface area contributed by atoms with Gasteiger partial charge in [-0.05, 0) is 37.6 Å². The first-order valence-electron chi connectivity index (χ1n) is 12.0. The first-order valence-corrected chi connectivity index (χ1v) is 12.0. The number of hydrogen-bond acceptors (Lipinski definition) is 6. The fourth-order valence-corrected chi connectivity index (χ4v) is 4.75. The molecule has 0 radical (unpaired) electrons. The number of halogens is 3. The Morgan fingerprint density at radius 2 is 1.76 bits per heavy atom. The topological polar surface area (TPSA) is 82.0 Å². The Bertz CT molecular complexity index is 1090. The molecule has 2 saturated heterocycles. The molecule has 4 rings (SSSR count). The minimum atomic E-state index is -4.83. The van der Waals surface area contributed by atoms with Gasteiger partial charge >= 0.3 is 6.18 Å². The monoisotopic (exact) mass is 521 g/mol. The third kappa shape index (κ3) is 7.12. The molecule has 0 aromatic heterocycles. The van der Waals surface area contributed by atoms with Crippen LogP contribution in [0.25, 0.3) is 0 Å². The molecule has 11 heteroatoms. The van der Waals surface area contributed by atoms with Crippen molar-refractivity contribution in [3.8, 4) is 0 Å². The molecule has 202 valence electrons. The molecule has 2 aromatic carbocycles. The number of nitro benzene ring substituents is 1. The zero-order chi connectivity index (χ0) is 25.9. The number of benzene rings is 2. The van der Waals surface area contributed by atoms with Crippen LogP contribution in [0.2, 0.25) is 0 Å². The van der Waals surface area contributed by atoms with Crippen LogP contribution in [0.1, 0.15) is 31.4 Å². The largest absolute Gasteiger partial charge is 0.423 e. The molecule has 0 saturated carbocycles. The van der Waals surface area contributed by atoms with Crippen LogP contribution in [0, 0.1) is 17.0 Å². The van der Waals surface area contributed by atoms with E-state index >= 15 is 0 Å². The summed E-state index contributed by atoms with van der Waals surface area (Å²) in [4.78, 5) is 29.0. The molecule has 0 spiro atoms. The molecule has 0 unspecified atom stereocenters. The Morgan fingerprint density at radius 3 is 2.38 bits per heavy atom. The lowest BCUT2D eigenvalue weighted by atomic mass is 10.1. The van der Waals surface area contributed by atoms with E-state index < -0.39 is 22.4 Å². The summed E-state index contributed by atoms with van der Waals surface area (Å²) in [7, 11) is 0. The molecule has 2 aliphatic heterocycles. The number of nitrogens with one attached hydrogen (secondary N) is 1. The van der Waals surface area contributed by atoms with Gasteiger partial charge in [-0.1, -0.05) is 25.1 Å². The van der Waals surface area contributed by atoms with Crippen LogP contribution in [0.5, 0.6) is 0 Å². The number of carbonyl (C=O) groups excluding carboxylic acids is 1. The quantitative estimate of drug-likeness (QED) is 0.417. The fourth-order valence-electron chi connectivity index (χ4n) is 4.75. The van der Waals surface area contributed by atoms with Crippen LogP contribution in [0.4, 0.5) is 30.2 Å². The lowest BCUT2D eigenvalue weighted by Crippen LogP contribution is -2.47.